The number of ether oxygens (including phenoxy) is 1. The van der Waals surface area contributed by atoms with Crippen LogP contribution in [0.4, 0.5) is 5.69 Å². The monoisotopic (exact) mass is 443 g/mol. The van der Waals surface area contributed by atoms with E-state index in [1.807, 2.05) is 0 Å². The van der Waals surface area contributed by atoms with Gasteiger partial charge in [0.15, 0.2) is 0 Å². The summed E-state index contributed by atoms with van der Waals surface area (Å²) < 4.78 is 5.73. The molecule has 1 heterocycles. The van der Waals surface area contributed by atoms with Crippen LogP contribution >= 0.6 is 0 Å². The lowest BCUT2D eigenvalue weighted by Gasteiger charge is -2.37. The third kappa shape index (κ3) is 3.25. The van der Waals surface area contributed by atoms with Gasteiger partial charge < -0.3 is 4.74 Å². The summed E-state index contributed by atoms with van der Waals surface area (Å²) in [5.41, 5.74) is 1.61. The number of non-ortho nitro benzene ring substituents is 1. The summed E-state index contributed by atoms with van der Waals surface area (Å²) in [7, 11) is 0. The van der Waals surface area contributed by atoms with E-state index in [2.05, 4.69) is 17.3 Å². The Bertz CT molecular complexity index is 1170. The molecule has 2 aromatic rings. The fourth-order valence-electron chi connectivity index (χ4n) is 5.71. The molecule has 0 unspecified atom stereocenters. The lowest BCUT2D eigenvalue weighted by Crippen LogP contribution is -2.40. The summed E-state index contributed by atoms with van der Waals surface area (Å²) >= 11 is 0. The molecular weight excluding hydrogens is 422 g/mol. The maximum absolute atomic E-state index is 13.0. The standard InChI is InChI=1S/C25H21N3O5/c29-24-22-18-9-10-19(21-11-20(18)21)23(22)25(30)27(24)26-12-14-3-7-17(8-4-14)33-13-15-1-5-16(6-2-15)28(31)32/h1-10,12,18-23H,11,13H2/t18-,19-,20-,21+,22-,23+/m0/s1. The van der Waals surface area contributed by atoms with Gasteiger partial charge >= 0.3 is 0 Å². The highest BCUT2D eigenvalue weighted by atomic mass is 16.6. The summed E-state index contributed by atoms with van der Waals surface area (Å²) in [6.45, 7) is 0.281. The number of allylic oxidation sites excluding steroid dienone is 2. The van der Waals surface area contributed by atoms with Crippen molar-refractivity contribution in [3.63, 3.8) is 0 Å². The number of amides is 2. The Labute approximate surface area is 189 Å². The number of nitrogens with zero attached hydrogens (tertiary/aromatic N) is 3. The molecule has 166 valence electrons. The SMILES string of the molecule is O=C1[C@@H]2[C@H]3C=C[C@@H]([C@@H]4C[C@H]34)[C@@H]2C(=O)N1N=Cc1ccc(OCc2ccc([N+](=O)[O-])cc2)cc1. The molecule has 1 aliphatic heterocycles. The molecule has 7 rings (SSSR count). The number of imide groups is 1. The van der Waals surface area contributed by atoms with Gasteiger partial charge in [-0.1, -0.05) is 12.2 Å². The van der Waals surface area contributed by atoms with Crippen molar-refractivity contribution < 1.29 is 19.2 Å². The lowest BCUT2D eigenvalue weighted by molar-refractivity contribution is -0.384. The molecule has 0 spiro atoms. The minimum atomic E-state index is -0.439. The molecule has 2 amide bonds. The molecule has 8 heteroatoms. The van der Waals surface area contributed by atoms with Crippen molar-refractivity contribution in [1.82, 2.24) is 5.01 Å². The van der Waals surface area contributed by atoms with Crippen LogP contribution in [0.15, 0.2) is 65.8 Å². The summed E-state index contributed by atoms with van der Waals surface area (Å²) in [5.74, 6) is 1.31. The van der Waals surface area contributed by atoms with E-state index < -0.39 is 4.92 Å². The zero-order chi connectivity index (χ0) is 22.7. The quantitative estimate of drug-likeness (QED) is 0.223. The van der Waals surface area contributed by atoms with Crippen molar-refractivity contribution in [3.8, 4) is 5.75 Å². The number of hydrazone groups is 1. The number of benzene rings is 2. The Morgan fingerprint density at radius 1 is 0.970 bits per heavy atom. The zero-order valence-electron chi connectivity index (χ0n) is 17.6. The van der Waals surface area contributed by atoms with Gasteiger partial charge in [0.25, 0.3) is 17.5 Å². The smallest absolute Gasteiger partial charge is 0.269 e. The maximum Gasteiger partial charge on any atom is 0.269 e. The molecule has 33 heavy (non-hydrogen) atoms. The van der Waals surface area contributed by atoms with Gasteiger partial charge in [-0.15, -0.1) is 0 Å². The summed E-state index contributed by atoms with van der Waals surface area (Å²) in [6.07, 6.45) is 6.96. The van der Waals surface area contributed by atoms with E-state index in [0.29, 0.717) is 17.6 Å². The molecule has 1 saturated heterocycles. The molecule has 3 fully saturated rings. The Kier molecular flexibility index (Phi) is 4.43. The van der Waals surface area contributed by atoms with Crippen LogP contribution in [-0.2, 0) is 16.2 Å². The minimum Gasteiger partial charge on any atom is -0.489 e. The predicted molar refractivity (Wildman–Crippen MR) is 118 cm³/mol. The third-order valence-corrected chi connectivity index (χ3v) is 7.39. The first-order valence-corrected chi connectivity index (χ1v) is 11.1. The highest BCUT2D eigenvalue weighted by Gasteiger charge is 2.67. The molecule has 0 N–H and O–H groups in total. The second kappa shape index (κ2) is 7.37. The van der Waals surface area contributed by atoms with Crippen LogP contribution < -0.4 is 4.74 Å². The number of nitro groups is 1. The first kappa shape index (κ1) is 19.8. The Balaban J connectivity index is 1.09. The zero-order valence-corrected chi connectivity index (χ0v) is 17.6. The summed E-state index contributed by atoms with van der Waals surface area (Å²) in [6, 6.07) is 13.4. The van der Waals surface area contributed by atoms with E-state index >= 15 is 0 Å². The van der Waals surface area contributed by atoms with Crippen LogP contribution in [-0.4, -0.2) is 28.0 Å². The molecule has 8 nitrogen and oxygen atoms in total. The van der Waals surface area contributed by atoms with Gasteiger partial charge in [-0.2, -0.15) is 10.1 Å². The van der Waals surface area contributed by atoms with E-state index in [4.69, 9.17) is 4.74 Å². The summed E-state index contributed by atoms with van der Waals surface area (Å²) in [5, 5.41) is 16.1. The second-order valence-corrected chi connectivity index (χ2v) is 9.17. The van der Waals surface area contributed by atoms with E-state index in [1.165, 1.54) is 18.3 Å². The minimum absolute atomic E-state index is 0.0392. The van der Waals surface area contributed by atoms with Crippen molar-refractivity contribution in [2.45, 2.75) is 13.0 Å². The Morgan fingerprint density at radius 3 is 2.15 bits per heavy atom. The van der Waals surface area contributed by atoms with Crippen LogP contribution in [0.3, 0.4) is 0 Å². The number of hydrogen-bond donors (Lipinski definition) is 0. The van der Waals surface area contributed by atoms with E-state index in [-0.39, 0.29) is 47.8 Å². The number of carbonyl (C=O) groups excluding carboxylic acids is 2. The molecule has 0 radical (unpaired) electrons. The molecule has 2 aromatic carbocycles. The average molecular weight is 443 g/mol. The van der Waals surface area contributed by atoms with Crippen molar-refractivity contribution >= 4 is 23.7 Å². The van der Waals surface area contributed by atoms with Crippen molar-refractivity contribution in [2.24, 2.45) is 40.6 Å². The molecular formula is C25H21N3O5. The van der Waals surface area contributed by atoms with Gasteiger partial charge in [-0.3, -0.25) is 19.7 Å². The van der Waals surface area contributed by atoms with Gasteiger partial charge in [0.1, 0.15) is 12.4 Å². The second-order valence-electron chi connectivity index (χ2n) is 9.17. The third-order valence-electron chi connectivity index (χ3n) is 7.39. The van der Waals surface area contributed by atoms with Crippen LogP contribution in [0.2, 0.25) is 0 Å². The predicted octanol–water partition coefficient (Wildman–Crippen LogP) is 3.56. The number of hydrogen-bond acceptors (Lipinski definition) is 6. The largest absolute Gasteiger partial charge is 0.489 e. The first-order valence-electron chi connectivity index (χ1n) is 11.1. The highest BCUT2D eigenvalue weighted by Crippen LogP contribution is 2.65. The lowest BCUT2D eigenvalue weighted by atomic mass is 9.63. The van der Waals surface area contributed by atoms with E-state index in [0.717, 1.165) is 22.6 Å². The normalized spacial score (nSPS) is 31.1. The van der Waals surface area contributed by atoms with Gasteiger partial charge in [0.2, 0.25) is 0 Å². The first-order chi connectivity index (χ1) is 16.0. The average Bonchev–Trinajstić information content (AvgIpc) is 3.62. The van der Waals surface area contributed by atoms with Crippen molar-refractivity contribution in [1.29, 1.82) is 0 Å². The van der Waals surface area contributed by atoms with Crippen LogP contribution in [0.5, 0.6) is 5.75 Å². The maximum atomic E-state index is 13.0. The van der Waals surface area contributed by atoms with Gasteiger partial charge in [-0.05, 0) is 77.6 Å². The van der Waals surface area contributed by atoms with Gasteiger partial charge in [0.05, 0.1) is 23.0 Å². The van der Waals surface area contributed by atoms with E-state index in [1.54, 1.807) is 36.4 Å². The van der Waals surface area contributed by atoms with Crippen LogP contribution in [0.25, 0.3) is 0 Å². The van der Waals surface area contributed by atoms with Crippen molar-refractivity contribution in [2.75, 3.05) is 0 Å². The summed E-state index contributed by atoms with van der Waals surface area (Å²) in [4.78, 5) is 36.2. The topological polar surface area (TPSA) is 102 Å². The van der Waals surface area contributed by atoms with Crippen LogP contribution in [0, 0.1) is 45.6 Å². The van der Waals surface area contributed by atoms with E-state index in [9.17, 15) is 19.7 Å². The number of rotatable bonds is 6. The molecule has 2 bridgehead atoms. The Hall–Kier alpha value is -3.81. The molecule has 0 aromatic heterocycles. The fraction of sp³-hybridized carbons (Fsp3) is 0.320. The fourth-order valence-corrected chi connectivity index (χ4v) is 5.71. The molecule has 2 saturated carbocycles. The number of nitro benzene ring substituents is 1. The number of carbonyl (C=O) groups is 2. The highest BCUT2D eigenvalue weighted by molar-refractivity contribution is 6.06. The molecule has 4 aliphatic carbocycles. The van der Waals surface area contributed by atoms with Crippen molar-refractivity contribution in [3.05, 3.63) is 81.9 Å². The molecule has 6 atom stereocenters. The van der Waals surface area contributed by atoms with Gasteiger partial charge in [-0.25, -0.2) is 0 Å². The van der Waals surface area contributed by atoms with Crippen LogP contribution in [0.1, 0.15) is 17.5 Å². The molecule has 5 aliphatic rings. The Morgan fingerprint density at radius 2 is 1.58 bits per heavy atom. The van der Waals surface area contributed by atoms with Gasteiger partial charge in [0, 0.05) is 12.1 Å².